The maximum atomic E-state index is 13.2. The van der Waals surface area contributed by atoms with Gasteiger partial charge in [-0.1, -0.05) is 54.1 Å². The van der Waals surface area contributed by atoms with Crippen molar-refractivity contribution in [2.75, 3.05) is 6.54 Å². The van der Waals surface area contributed by atoms with Gasteiger partial charge in [0.05, 0.1) is 11.6 Å². The number of carboxylic acids is 1. The van der Waals surface area contributed by atoms with Crippen LogP contribution in [0.2, 0.25) is 4.34 Å². The van der Waals surface area contributed by atoms with Crippen molar-refractivity contribution < 1.29 is 14.7 Å². The molecule has 5 nitrogen and oxygen atoms in total. The number of thiophene rings is 1. The zero-order valence-electron chi connectivity index (χ0n) is 18.9. The number of benzene rings is 2. The Hall–Kier alpha value is -2.67. The van der Waals surface area contributed by atoms with Gasteiger partial charge < -0.3 is 16.2 Å². The molecule has 0 radical (unpaired) electrons. The Bertz CT molecular complexity index is 1120. The average Bonchev–Trinajstić information content (AvgIpc) is 3.25. The van der Waals surface area contributed by atoms with Gasteiger partial charge in [-0.3, -0.25) is 4.79 Å². The minimum Gasteiger partial charge on any atom is -0.478 e. The highest BCUT2D eigenvalue weighted by Gasteiger charge is 2.28. The third-order valence-corrected chi connectivity index (χ3v) is 8.11. The van der Waals surface area contributed by atoms with Crippen LogP contribution in [0.15, 0.2) is 60.7 Å². The van der Waals surface area contributed by atoms with Gasteiger partial charge in [0.1, 0.15) is 4.34 Å². The fourth-order valence-electron chi connectivity index (χ4n) is 4.57. The average molecular weight is 497 g/mol. The molecule has 1 aliphatic carbocycles. The number of nitrogens with one attached hydrogen (secondary N) is 1. The molecule has 0 aliphatic heterocycles. The van der Waals surface area contributed by atoms with E-state index in [-0.39, 0.29) is 23.4 Å². The highest BCUT2D eigenvalue weighted by atomic mass is 35.5. The molecular formula is C27H29ClN2O3S. The zero-order valence-corrected chi connectivity index (χ0v) is 20.4. The normalized spacial score (nSPS) is 18.9. The predicted octanol–water partition coefficient (Wildman–Crippen LogP) is 5.93. The molecule has 4 N–H and O–H groups in total. The molecule has 0 saturated heterocycles. The van der Waals surface area contributed by atoms with Crippen molar-refractivity contribution in [3.05, 3.63) is 81.0 Å². The molecule has 0 bridgehead atoms. The van der Waals surface area contributed by atoms with E-state index < -0.39 is 5.97 Å². The van der Waals surface area contributed by atoms with Gasteiger partial charge in [-0.05, 0) is 73.9 Å². The third-order valence-electron chi connectivity index (χ3n) is 6.64. The number of carbonyl (C=O) groups excluding carboxylic acids is 1. The van der Waals surface area contributed by atoms with Crippen molar-refractivity contribution in [2.45, 2.75) is 38.1 Å². The Labute approximate surface area is 209 Å². The van der Waals surface area contributed by atoms with Gasteiger partial charge in [0.25, 0.3) is 0 Å². The highest BCUT2D eigenvalue weighted by molar-refractivity contribution is 7.16. The van der Waals surface area contributed by atoms with Gasteiger partial charge in [-0.2, -0.15) is 0 Å². The van der Waals surface area contributed by atoms with E-state index in [9.17, 15) is 9.59 Å². The monoisotopic (exact) mass is 496 g/mol. The quantitative estimate of drug-likeness (QED) is 0.360. The number of hydrogen-bond acceptors (Lipinski definition) is 4. The van der Waals surface area contributed by atoms with Gasteiger partial charge in [0.15, 0.2) is 0 Å². The second kappa shape index (κ2) is 11.2. The van der Waals surface area contributed by atoms with E-state index in [0.29, 0.717) is 23.2 Å². The second-order valence-electron chi connectivity index (χ2n) is 8.92. The van der Waals surface area contributed by atoms with Crippen LogP contribution >= 0.6 is 22.9 Å². The Morgan fingerprint density at radius 3 is 2.35 bits per heavy atom. The summed E-state index contributed by atoms with van der Waals surface area (Å²) >= 11 is 8.08. The molecule has 1 aliphatic rings. The van der Waals surface area contributed by atoms with Crippen molar-refractivity contribution in [1.29, 1.82) is 0 Å². The summed E-state index contributed by atoms with van der Waals surface area (Å²) in [5, 5.41) is 12.5. The van der Waals surface area contributed by atoms with Gasteiger partial charge in [0, 0.05) is 16.4 Å². The van der Waals surface area contributed by atoms with Crippen molar-refractivity contribution >= 4 is 34.8 Å². The number of nitrogens with two attached hydrogens (primary N) is 1. The largest absolute Gasteiger partial charge is 0.478 e. The maximum Gasteiger partial charge on any atom is 0.335 e. The number of aromatic carboxylic acids is 1. The number of hydrogen-bond donors (Lipinski definition) is 3. The fourth-order valence-corrected chi connectivity index (χ4v) is 5.96. The molecule has 1 fully saturated rings. The van der Waals surface area contributed by atoms with E-state index in [2.05, 4.69) is 17.4 Å². The summed E-state index contributed by atoms with van der Waals surface area (Å²) in [5.41, 5.74) is 8.87. The maximum absolute atomic E-state index is 13.2. The van der Waals surface area contributed by atoms with Crippen LogP contribution in [-0.2, 0) is 11.2 Å². The summed E-state index contributed by atoms with van der Waals surface area (Å²) in [6, 6.07) is 18.6. The summed E-state index contributed by atoms with van der Waals surface area (Å²) in [6.45, 7) is 0.689. The Morgan fingerprint density at radius 2 is 1.74 bits per heavy atom. The molecule has 1 amide bonds. The van der Waals surface area contributed by atoms with Crippen LogP contribution in [0.5, 0.6) is 0 Å². The predicted molar refractivity (Wildman–Crippen MR) is 137 cm³/mol. The second-order valence-corrected chi connectivity index (χ2v) is 10.6. The first-order valence-electron chi connectivity index (χ1n) is 11.6. The fraction of sp³-hybridized carbons (Fsp3) is 0.333. The minimum absolute atomic E-state index is 0.0135. The van der Waals surface area contributed by atoms with Crippen LogP contribution in [0.25, 0.3) is 11.1 Å². The van der Waals surface area contributed by atoms with E-state index in [4.69, 9.17) is 22.4 Å². The molecule has 1 heterocycles. The summed E-state index contributed by atoms with van der Waals surface area (Å²) in [6.07, 6.45) is 4.41. The summed E-state index contributed by atoms with van der Waals surface area (Å²) in [7, 11) is 0. The molecule has 1 atom stereocenters. The molecule has 1 saturated carbocycles. The Kier molecular flexibility index (Phi) is 8.03. The van der Waals surface area contributed by atoms with Crippen LogP contribution in [0.3, 0.4) is 0 Å². The van der Waals surface area contributed by atoms with Crippen LogP contribution in [0, 0.1) is 11.8 Å². The molecule has 3 aromatic rings. The first kappa shape index (κ1) is 24.5. The van der Waals surface area contributed by atoms with E-state index in [0.717, 1.165) is 47.3 Å². The topological polar surface area (TPSA) is 92.4 Å². The van der Waals surface area contributed by atoms with Gasteiger partial charge in [-0.15, -0.1) is 11.3 Å². The van der Waals surface area contributed by atoms with E-state index in [1.54, 1.807) is 24.3 Å². The highest BCUT2D eigenvalue weighted by Crippen LogP contribution is 2.39. The number of rotatable bonds is 8. The molecule has 178 valence electrons. The van der Waals surface area contributed by atoms with Crippen LogP contribution in [0.1, 0.15) is 52.5 Å². The molecule has 0 spiro atoms. The standard InChI is InChI=1S/C27H29ClN2O3S/c28-25-22(19-10-12-21(13-11-19)27(32)33)15-24(34-25)23(14-17-4-2-1-3-5-17)30-26(31)20-8-6-18(16-29)7-9-20/h1-5,10-13,15,18,20,23H,6-9,14,16,29H2,(H,30,31)(H,32,33)/t18-,20-,23?. The van der Waals surface area contributed by atoms with Crippen LogP contribution in [0.4, 0.5) is 0 Å². The van der Waals surface area contributed by atoms with Crippen molar-refractivity contribution in [2.24, 2.45) is 17.6 Å². The molecule has 34 heavy (non-hydrogen) atoms. The summed E-state index contributed by atoms with van der Waals surface area (Å²) in [5.74, 6) is -0.335. The SMILES string of the molecule is NC[C@H]1CC[C@H](C(=O)NC(Cc2ccccc2)c2cc(-c3ccc(C(=O)O)cc3)c(Cl)s2)CC1. The number of carboxylic acid groups (broad SMARTS) is 1. The lowest BCUT2D eigenvalue weighted by molar-refractivity contribution is -0.127. The zero-order chi connectivity index (χ0) is 24.1. The smallest absolute Gasteiger partial charge is 0.335 e. The number of halogens is 1. The number of amides is 1. The van der Waals surface area contributed by atoms with Crippen molar-refractivity contribution in [1.82, 2.24) is 5.32 Å². The molecule has 7 heteroatoms. The number of carbonyl (C=O) groups is 2. The van der Waals surface area contributed by atoms with Crippen molar-refractivity contribution in [3.63, 3.8) is 0 Å². The van der Waals surface area contributed by atoms with Crippen LogP contribution in [-0.4, -0.2) is 23.5 Å². The van der Waals surface area contributed by atoms with Gasteiger partial charge >= 0.3 is 5.97 Å². The minimum atomic E-state index is -0.963. The van der Waals surface area contributed by atoms with Gasteiger partial charge in [0.2, 0.25) is 5.91 Å². The Morgan fingerprint density at radius 1 is 1.06 bits per heavy atom. The van der Waals surface area contributed by atoms with E-state index in [1.165, 1.54) is 11.3 Å². The molecule has 4 rings (SSSR count). The lowest BCUT2D eigenvalue weighted by atomic mass is 9.81. The third kappa shape index (κ3) is 5.87. The summed E-state index contributed by atoms with van der Waals surface area (Å²) in [4.78, 5) is 25.4. The summed E-state index contributed by atoms with van der Waals surface area (Å²) < 4.78 is 0.619. The first-order valence-corrected chi connectivity index (χ1v) is 12.8. The lowest BCUT2D eigenvalue weighted by Gasteiger charge is -2.28. The van der Waals surface area contributed by atoms with E-state index >= 15 is 0 Å². The van der Waals surface area contributed by atoms with E-state index in [1.807, 2.05) is 24.3 Å². The van der Waals surface area contributed by atoms with Gasteiger partial charge in [-0.25, -0.2) is 4.79 Å². The first-order chi connectivity index (χ1) is 16.4. The lowest BCUT2D eigenvalue weighted by Crippen LogP contribution is -2.37. The molecule has 2 aromatic carbocycles. The molecule has 1 unspecified atom stereocenters. The molecular weight excluding hydrogens is 468 g/mol. The van der Waals surface area contributed by atoms with Crippen molar-refractivity contribution in [3.8, 4) is 11.1 Å². The Balaban J connectivity index is 1.57. The van der Waals surface area contributed by atoms with Crippen LogP contribution < -0.4 is 11.1 Å². The molecule has 1 aromatic heterocycles.